The molecule has 2 aromatic carbocycles. The Morgan fingerprint density at radius 3 is 2.35 bits per heavy atom. The number of esters is 1. The Morgan fingerprint density at radius 1 is 1.13 bits per heavy atom. The molecule has 7 heteroatoms. The highest BCUT2D eigenvalue weighted by atomic mass is 35.5. The van der Waals surface area contributed by atoms with E-state index in [2.05, 4.69) is 10.1 Å². The number of methoxy groups -OCH3 is 1. The van der Waals surface area contributed by atoms with Gasteiger partial charge in [-0.05, 0) is 29.8 Å². The van der Waals surface area contributed by atoms with Gasteiger partial charge < -0.3 is 15.2 Å². The number of carbonyl (C=O) groups excluding carboxylic acids is 2. The monoisotopic (exact) mass is 353 g/mol. The van der Waals surface area contributed by atoms with Gasteiger partial charge in [0.25, 0.3) is 0 Å². The second kappa shape index (κ2) is 7.35. The van der Waals surface area contributed by atoms with Gasteiger partial charge in [-0.2, -0.15) is 0 Å². The van der Waals surface area contributed by atoms with E-state index in [1.807, 2.05) is 0 Å². The number of phenolic OH excluding ortho intramolecular Hbond substituents is 1. The van der Waals surface area contributed by atoms with Crippen LogP contribution in [0.4, 0.5) is 5.69 Å². The number of benzene rings is 2. The average molecular weight is 354 g/mol. The number of amides is 1. The predicted molar refractivity (Wildman–Crippen MR) is 88.2 cm³/mol. The molecule has 0 atom stereocenters. The van der Waals surface area contributed by atoms with Gasteiger partial charge in [0.05, 0.1) is 19.2 Å². The van der Waals surface area contributed by atoms with Gasteiger partial charge in [-0.3, -0.25) is 4.79 Å². The van der Waals surface area contributed by atoms with E-state index in [1.54, 1.807) is 18.2 Å². The molecule has 0 spiro atoms. The summed E-state index contributed by atoms with van der Waals surface area (Å²) in [5, 5.41) is 13.3. The number of phenols is 1. The first kappa shape index (κ1) is 17.1. The molecule has 0 unspecified atom stereocenters. The number of halogens is 2. The molecule has 5 nitrogen and oxygen atoms in total. The first-order valence-corrected chi connectivity index (χ1v) is 7.32. The van der Waals surface area contributed by atoms with Gasteiger partial charge in [-0.1, -0.05) is 35.3 Å². The van der Waals surface area contributed by atoms with Crippen molar-refractivity contribution in [3.8, 4) is 5.75 Å². The molecular formula is C16H13Cl2NO4. The molecule has 0 bridgehead atoms. The highest BCUT2D eigenvalue weighted by Crippen LogP contribution is 2.29. The smallest absolute Gasteiger partial charge is 0.341 e. The van der Waals surface area contributed by atoms with Crippen molar-refractivity contribution in [2.45, 2.75) is 6.42 Å². The number of hydrogen-bond donors (Lipinski definition) is 2. The summed E-state index contributed by atoms with van der Waals surface area (Å²) >= 11 is 12.0. The maximum absolute atomic E-state index is 12.1. The highest BCUT2D eigenvalue weighted by molar-refractivity contribution is 6.36. The minimum absolute atomic E-state index is 0.0407. The lowest BCUT2D eigenvalue weighted by molar-refractivity contribution is -0.115. The molecule has 0 aliphatic rings. The molecule has 0 heterocycles. The third-order valence-electron chi connectivity index (χ3n) is 3.11. The van der Waals surface area contributed by atoms with Gasteiger partial charge in [-0.15, -0.1) is 0 Å². The van der Waals surface area contributed by atoms with Crippen molar-refractivity contribution in [2.75, 3.05) is 12.4 Å². The largest absolute Gasteiger partial charge is 0.505 e. The van der Waals surface area contributed by atoms with E-state index in [1.165, 1.54) is 25.3 Å². The van der Waals surface area contributed by atoms with E-state index < -0.39 is 11.9 Å². The minimum atomic E-state index is -0.701. The van der Waals surface area contributed by atoms with Crippen LogP contribution in [-0.4, -0.2) is 24.1 Å². The summed E-state index contributed by atoms with van der Waals surface area (Å²) in [5.74, 6) is -1.50. The number of hydrogen-bond acceptors (Lipinski definition) is 4. The summed E-state index contributed by atoms with van der Waals surface area (Å²) in [4.78, 5) is 23.7. The average Bonchev–Trinajstić information content (AvgIpc) is 2.52. The van der Waals surface area contributed by atoms with E-state index in [-0.39, 0.29) is 23.4 Å². The Balaban J connectivity index is 2.20. The van der Waals surface area contributed by atoms with Gasteiger partial charge in [0, 0.05) is 10.0 Å². The quantitative estimate of drug-likeness (QED) is 0.649. The summed E-state index contributed by atoms with van der Waals surface area (Å²) in [6.45, 7) is 0. The fourth-order valence-corrected chi connectivity index (χ4v) is 2.51. The molecule has 0 aliphatic carbocycles. The van der Waals surface area contributed by atoms with Crippen molar-refractivity contribution < 1.29 is 19.4 Å². The van der Waals surface area contributed by atoms with Crippen molar-refractivity contribution in [1.82, 2.24) is 0 Å². The molecule has 0 aliphatic heterocycles. The molecule has 0 fully saturated rings. The van der Waals surface area contributed by atoms with Crippen LogP contribution in [0.1, 0.15) is 15.9 Å². The van der Waals surface area contributed by atoms with Crippen molar-refractivity contribution >= 4 is 40.8 Å². The van der Waals surface area contributed by atoms with Crippen LogP contribution in [0.25, 0.3) is 0 Å². The van der Waals surface area contributed by atoms with Crippen LogP contribution < -0.4 is 5.32 Å². The standard InChI is InChI=1S/C16H13Cl2NO4/c1-23-16(22)9-4-2-7-13(15(9)21)19-14(20)8-10-11(17)5-3-6-12(10)18/h2-7,21H,8H2,1H3,(H,19,20). The topological polar surface area (TPSA) is 75.6 Å². The minimum Gasteiger partial charge on any atom is -0.505 e. The van der Waals surface area contributed by atoms with E-state index >= 15 is 0 Å². The SMILES string of the molecule is COC(=O)c1cccc(NC(=O)Cc2c(Cl)cccc2Cl)c1O. The molecule has 23 heavy (non-hydrogen) atoms. The summed E-state index contributed by atoms with van der Waals surface area (Å²) in [7, 11) is 1.20. The number of rotatable bonds is 4. The molecule has 0 saturated heterocycles. The fourth-order valence-electron chi connectivity index (χ4n) is 1.98. The maximum atomic E-state index is 12.1. The fraction of sp³-hybridized carbons (Fsp3) is 0.125. The number of ether oxygens (including phenoxy) is 1. The van der Waals surface area contributed by atoms with E-state index in [4.69, 9.17) is 23.2 Å². The molecule has 1 amide bonds. The zero-order chi connectivity index (χ0) is 17.0. The Kier molecular flexibility index (Phi) is 5.47. The zero-order valence-electron chi connectivity index (χ0n) is 12.1. The molecular weight excluding hydrogens is 341 g/mol. The van der Waals surface area contributed by atoms with Gasteiger partial charge in [0.15, 0.2) is 5.75 Å². The van der Waals surface area contributed by atoms with E-state index in [9.17, 15) is 14.7 Å². The van der Waals surface area contributed by atoms with E-state index in [0.29, 0.717) is 15.6 Å². The normalized spacial score (nSPS) is 10.2. The van der Waals surface area contributed by atoms with E-state index in [0.717, 1.165) is 0 Å². The summed E-state index contributed by atoms with van der Waals surface area (Å²) in [6, 6.07) is 9.31. The van der Waals surface area contributed by atoms with Crippen molar-refractivity contribution in [2.24, 2.45) is 0 Å². The van der Waals surface area contributed by atoms with Gasteiger partial charge in [-0.25, -0.2) is 4.79 Å². The van der Waals surface area contributed by atoms with Gasteiger partial charge in [0.2, 0.25) is 5.91 Å². The summed E-state index contributed by atoms with van der Waals surface area (Å²) in [5.41, 5.74) is 0.541. The second-order valence-electron chi connectivity index (χ2n) is 4.62. The van der Waals surface area contributed by atoms with Crippen LogP contribution in [0.2, 0.25) is 10.0 Å². The molecule has 0 radical (unpaired) electrons. The zero-order valence-corrected chi connectivity index (χ0v) is 13.6. The van der Waals surface area contributed by atoms with Crippen LogP contribution in [0.3, 0.4) is 0 Å². The maximum Gasteiger partial charge on any atom is 0.341 e. The van der Waals surface area contributed by atoms with Gasteiger partial charge in [0.1, 0.15) is 5.56 Å². The lowest BCUT2D eigenvalue weighted by atomic mass is 10.1. The first-order chi connectivity index (χ1) is 10.9. The summed E-state index contributed by atoms with van der Waals surface area (Å²) < 4.78 is 4.56. The third kappa shape index (κ3) is 3.94. The molecule has 0 aromatic heterocycles. The van der Waals surface area contributed by atoms with Crippen LogP contribution in [0.5, 0.6) is 5.75 Å². The number of anilines is 1. The number of carbonyl (C=O) groups is 2. The second-order valence-corrected chi connectivity index (χ2v) is 5.43. The Labute approximate surface area is 142 Å². The van der Waals surface area contributed by atoms with Crippen molar-refractivity contribution in [1.29, 1.82) is 0 Å². The number of aromatic hydroxyl groups is 1. The Bertz CT molecular complexity index is 741. The van der Waals surface area contributed by atoms with Crippen LogP contribution >= 0.6 is 23.2 Å². The Morgan fingerprint density at radius 2 is 1.74 bits per heavy atom. The van der Waals surface area contributed by atoms with Crippen molar-refractivity contribution in [3.63, 3.8) is 0 Å². The van der Waals surface area contributed by atoms with Crippen LogP contribution in [0, 0.1) is 0 Å². The Hall–Kier alpha value is -2.24. The predicted octanol–water partition coefficient (Wildman–Crippen LogP) is 3.67. The van der Waals surface area contributed by atoms with Gasteiger partial charge >= 0.3 is 5.97 Å². The molecule has 120 valence electrons. The molecule has 2 rings (SSSR count). The lowest BCUT2D eigenvalue weighted by Crippen LogP contribution is -2.15. The molecule has 2 aromatic rings. The number of nitrogens with one attached hydrogen (secondary N) is 1. The summed E-state index contributed by atoms with van der Waals surface area (Å²) in [6.07, 6.45) is -0.0690. The first-order valence-electron chi connectivity index (χ1n) is 6.57. The lowest BCUT2D eigenvalue weighted by Gasteiger charge is -2.11. The number of para-hydroxylation sites is 1. The highest BCUT2D eigenvalue weighted by Gasteiger charge is 2.17. The van der Waals surface area contributed by atoms with Crippen LogP contribution in [0.15, 0.2) is 36.4 Å². The van der Waals surface area contributed by atoms with Crippen molar-refractivity contribution in [3.05, 3.63) is 57.6 Å². The van der Waals surface area contributed by atoms with Crippen LogP contribution in [-0.2, 0) is 16.0 Å². The molecule has 0 saturated carbocycles. The third-order valence-corrected chi connectivity index (χ3v) is 3.82. The molecule has 2 N–H and O–H groups in total.